The minimum atomic E-state index is -0.246. The van der Waals surface area contributed by atoms with E-state index in [1.807, 2.05) is 23.6 Å². The first-order chi connectivity index (χ1) is 12.7. The maximum Gasteiger partial charge on any atom is 0.271 e. The third-order valence-corrected chi connectivity index (χ3v) is 5.18. The lowest BCUT2D eigenvalue weighted by Crippen LogP contribution is -2.44. The molecule has 0 bridgehead atoms. The molecular weight excluding hydrogens is 354 g/mol. The minimum absolute atomic E-state index is 0.0683. The number of nitrogens with one attached hydrogen (secondary N) is 1. The van der Waals surface area contributed by atoms with Crippen molar-refractivity contribution in [2.75, 3.05) is 13.7 Å². The van der Waals surface area contributed by atoms with E-state index in [0.29, 0.717) is 29.0 Å². The van der Waals surface area contributed by atoms with Crippen LogP contribution in [0.25, 0.3) is 10.2 Å². The van der Waals surface area contributed by atoms with Crippen LogP contribution in [0.5, 0.6) is 11.5 Å². The van der Waals surface area contributed by atoms with E-state index >= 15 is 0 Å². The van der Waals surface area contributed by atoms with Crippen LogP contribution in [-0.4, -0.2) is 35.2 Å². The number of carbonyl (C=O) groups excluding carboxylic acids is 1. The third-order valence-electron chi connectivity index (χ3n) is 4.29. The highest BCUT2D eigenvalue weighted by atomic mass is 32.1. The molecule has 8 heteroatoms. The highest BCUT2D eigenvalue weighted by molar-refractivity contribution is 7.17. The fourth-order valence-corrected chi connectivity index (χ4v) is 3.86. The number of nitrogens with zero attached hydrogens (tertiary/aromatic N) is 2. The Bertz CT molecular complexity index is 1030. The van der Waals surface area contributed by atoms with Crippen molar-refractivity contribution in [3.05, 3.63) is 51.9 Å². The predicted octanol–water partition coefficient (Wildman–Crippen LogP) is 1.59. The van der Waals surface area contributed by atoms with E-state index in [1.54, 1.807) is 13.2 Å². The Morgan fingerprint density at radius 1 is 1.46 bits per heavy atom. The van der Waals surface area contributed by atoms with Crippen molar-refractivity contribution in [3.8, 4) is 11.5 Å². The summed E-state index contributed by atoms with van der Waals surface area (Å²) in [6, 6.07) is 7.33. The molecule has 0 saturated carbocycles. The molecule has 1 unspecified atom stereocenters. The van der Waals surface area contributed by atoms with Gasteiger partial charge in [0.25, 0.3) is 5.56 Å². The molecule has 0 saturated heterocycles. The molecule has 0 fully saturated rings. The number of hydrogen-bond acceptors (Lipinski definition) is 6. The number of amides is 1. The van der Waals surface area contributed by atoms with Crippen molar-refractivity contribution in [2.45, 2.75) is 19.0 Å². The largest absolute Gasteiger partial charge is 0.493 e. The average Bonchev–Trinajstić information content (AvgIpc) is 3.13. The molecule has 1 N–H and O–H groups in total. The number of para-hydroxylation sites is 1. The number of aromatic nitrogens is 2. The van der Waals surface area contributed by atoms with Crippen LogP contribution < -0.4 is 20.3 Å². The molecule has 2 aromatic heterocycles. The molecule has 1 atom stereocenters. The number of ether oxygens (including phenoxy) is 2. The molecule has 3 heterocycles. The fourth-order valence-electron chi connectivity index (χ4n) is 3.07. The van der Waals surface area contributed by atoms with Gasteiger partial charge in [-0.3, -0.25) is 14.2 Å². The highest BCUT2D eigenvalue weighted by Gasteiger charge is 2.24. The third kappa shape index (κ3) is 3.03. The summed E-state index contributed by atoms with van der Waals surface area (Å²) >= 11 is 1.33. The van der Waals surface area contributed by atoms with Crippen molar-refractivity contribution in [2.24, 2.45) is 0 Å². The average molecular weight is 371 g/mol. The molecule has 3 aromatic rings. The van der Waals surface area contributed by atoms with Crippen LogP contribution in [0.4, 0.5) is 0 Å². The topological polar surface area (TPSA) is 82.4 Å². The summed E-state index contributed by atoms with van der Waals surface area (Å²) in [5, 5.41) is 4.74. The number of thiophene rings is 1. The lowest BCUT2D eigenvalue weighted by atomic mass is 10.0. The van der Waals surface area contributed by atoms with Crippen LogP contribution in [0.2, 0.25) is 0 Å². The van der Waals surface area contributed by atoms with E-state index in [0.717, 1.165) is 11.3 Å². The smallest absolute Gasteiger partial charge is 0.271 e. The van der Waals surface area contributed by atoms with Crippen LogP contribution in [0.3, 0.4) is 0 Å². The highest BCUT2D eigenvalue weighted by Crippen LogP contribution is 2.34. The number of fused-ring (bicyclic) bond motifs is 2. The van der Waals surface area contributed by atoms with E-state index in [4.69, 9.17) is 9.47 Å². The summed E-state index contributed by atoms with van der Waals surface area (Å²) < 4.78 is 12.9. The standard InChI is InChI=1S/C18H17N3O4S/c1-24-14-4-2-3-11-7-12(9-25-16(11)14)20-15(22)8-21-10-19-13-5-6-26-17(13)18(21)23/h2-6,10,12H,7-9H2,1H3,(H,20,22). The number of rotatable bonds is 4. The molecule has 4 rings (SSSR count). The maximum atomic E-state index is 12.4. The summed E-state index contributed by atoms with van der Waals surface area (Å²) in [5.74, 6) is 1.17. The predicted molar refractivity (Wildman–Crippen MR) is 98.0 cm³/mol. The Morgan fingerprint density at radius 3 is 3.19 bits per heavy atom. The molecule has 1 aromatic carbocycles. The number of hydrogen-bond donors (Lipinski definition) is 1. The Balaban J connectivity index is 1.45. The van der Waals surface area contributed by atoms with Gasteiger partial charge >= 0.3 is 0 Å². The molecule has 26 heavy (non-hydrogen) atoms. The van der Waals surface area contributed by atoms with Gasteiger partial charge in [0, 0.05) is 5.56 Å². The zero-order chi connectivity index (χ0) is 18.1. The summed E-state index contributed by atoms with van der Waals surface area (Å²) in [6.07, 6.45) is 2.06. The second-order valence-electron chi connectivity index (χ2n) is 6.04. The first-order valence-corrected chi connectivity index (χ1v) is 9.04. The number of methoxy groups -OCH3 is 1. The van der Waals surface area contributed by atoms with E-state index in [1.165, 1.54) is 22.2 Å². The van der Waals surface area contributed by atoms with Gasteiger partial charge in [0.1, 0.15) is 17.9 Å². The van der Waals surface area contributed by atoms with Crippen LogP contribution >= 0.6 is 11.3 Å². The first kappa shape index (κ1) is 16.6. The van der Waals surface area contributed by atoms with E-state index in [2.05, 4.69) is 10.3 Å². The van der Waals surface area contributed by atoms with Gasteiger partial charge in [0.15, 0.2) is 11.5 Å². The molecule has 0 radical (unpaired) electrons. The quantitative estimate of drug-likeness (QED) is 0.753. The second-order valence-corrected chi connectivity index (χ2v) is 6.96. The van der Waals surface area contributed by atoms with Gasteiger partial charge in [-0.05, 0) is 23.9 Å². The summed E-state index contributed by atoms with van der Waals surface area (Å²) in [5.41, 5.74) is 1.44. The Hall–Kier alpha value is -2.87. The van der Waals surface area contributed by atoms with Crippen molar-refractivity contribution >= 4 is 27.5 Å². The van der Waals surface area contributed by atoms with Gasteiger partial charge in [0.2, 0.25) is 5.91 Å². The lowest BCUT2D eigenvalue weighted by molar-refractivity contribution is -0.122. The van der Waals surface area contributed by atoms with Crippen LogP contribution in [0.15, 0.2) is 40.8 Å². The molecular formula is C18H17N3O4S. The molecule has 1 amide bonds. The molecule has 0 aliphatic carbocycles. The van der Waals surface area contributed by atoms with Gasteiger partial charge < -0.3 is 14.8 Å². The van der Waals surface area contributed by atoms with E-state index in [9.17, 15) is 9.59 Å². The zero-order valence-electron chi connectivity index (χ0n) is 14.1. The van der Waals surface area contributed by atoms with Gasteiger partial charge in [0.05, 0.1) is 25.0 Å². The van der Waals surface area contributed by atoms with Crippen LogP contribution in [0, 0.1) is 0 Å². The number of carbonyl (C=O) groups is 1. The van der Waals surface area contributed by atoms with Gasteiger partial charge in [-0.15, -0.1) is 11.3 Å². The van der Waals surface area contributed by atoms with E-state index in [-0.39, 0.29) is 24.1 Å². The number of benzene rings is 1. The monoisotopic (exact) mass is 371 g/mol. The molecule has 7 nitrogen and oxygen atoms in total. The summed E-state index contributed by atoms with van der Waals surface area (Å²) in [4.78, 5) is 28.9. The maximum absolute atomic E-state index is 12.4. The van der Waals surface area contributed by atoms with Gasteiger partial charge in [-0.1, -0.05) is 12.1 Å². The minimum Gasteiger partial charge on any atom is -0.493 e. The van der Waals surface area contributed by atoms with Crippen molar-refractivity contribution in [1.29, 1.82) is 0 Å². The second kappa shape index (κ2) is 6.80. The Labute approximate surface area is 153 Å². The summed E-state index contributed by atoms with van der Waals surface area (Å²) in [6.45, 7) is 0.289. The Morgan fingerprint density at radius 2 is 2.35 bits per heavy atom. The van der Waals surface area contributed by atoms with Gasteiger partial charge in [-0.2, -0.15) is 0 Å². The van der Waals surface area contributed by atoms with Crippen molar-refractivity contribution in [3.63, 3.8) is 0 Å². The molecule has 134 valence electrons. The SMILES string of the molecule is COc1cccc2c1OCC(NC(=O)Cn1cnc3ccsc3c1=O)C2. The van der Waals surface area contributed by atoms with Crippen molar-refractivity contribution in [1.82, 2.24) is 14.9 Å². The van der Waals surface area contributed by atoms with E-state index < -0.39 is 0 Å². The van der Waals surface area contributed by atoms with Gasteiger partial charge in [-0.25, -0.2) is 4.98 Å². The zero-order valence-corrected chi connectivity index (χ0v) is 14.9. The van der Waals surface area contributed by atoms with Crippen LogP contribution in [-0.2, 0) is 17.8 Å². The van der Waals surface area contributed by atoms with Crippen molar-refractivity contribution < 1.29 is 14.3 Å². The fraction of sp³-hybridized carbons (Fsp3) is 0.278. The Kier molecular flexibility index (Phi) is 4.34. The molecule has 0 spiro atoms. The lowest BCUT2D eigenvalue weighted by Gasteiger charge is -2.27. The first-order valence-electron chi connectivity index (χ1n) is 8.16. The normalized spacial score (nSPS) is 16.0. The summed E-state index contributed by atoms with van der Waals surface area (Å²) in [7, 11) is 1.60. The molecule has 1 aliphatic rings. The van der Waals surface area contributed by atoms with Crippen LogP contribution in [0.1, 0.15) is 5.56 Å². The molecule has 1 aliphatic heterocycles.